The fourth-order valence-corrected chi connectivity index (χ4v) is 2.28. The van der Waals surface area contributed by atoms with Crippen molar-refractivity contribution in [1.29, 1.82) is 0 Å². The number of carboxylic acids is 1. The third kappa shape index (κ3) is 6.21. The zero-order chi connectivity index (χ0) is 22.3. The van der Waals surface area contributed by atoms with Crippen molar-refractivity contribution < 1.29 is 42.2 Å². The van der Waals surface area contributed by atoms with Crippen LogP contribution >= 0.6 is 0 Å². The van der Waals surface area contributed by atoms with E-state index >= 15 is 0 Å². The second-order valence-corrected chi connectivity index (χ2v) is 5.75. The monoisotopic (exact) mass is 427 g/mol. The average Bonchev–Trinajstić information content (AvgIpc) is 2.66. The predicted octanol–water partition coefficient (Wildman–Crippen LogP) is 4.53. The quantitative estimate of drug-likeness (QED) is 0.271. The summed E-state index contributed by atoms with van der Waals surface area (Å²) >= 11 is 0. The minimum atomic E-state index is -4.75. The Morgan fingerprint density at radius 2 is 1.90 bits per heavy atom. The summed E-state index contributed by atoms with van der Waals surface area (Å²) in [6, 6.07) is 5.91. The van der Waals surface area contributed by atoms with Gasteiger partial charge in [0.25, 0.3) is 0 Å². The fourth-order valence-electron chi connectivity index (χ4n) is 2.28. The Bertz CT molecular complexity index is 958. The Morgan fingerprint density at radius 1 is 1.17 bits per heavy atom. The summed E-state index contributed by atoms with van der Waals surface area (Å²) < 4.78 is 54.8. The molecule has 0 aliphatic heterocycles. The molecule has 0 heterocycles. The summed E-state index contributed by atoms with van der Waals surface area (Å²) in [5.74, 6) is -1.82. The summed E-state index contributed by atoms with van der Waals surface area (Å²) in [6.07, 6.45) is -2.82. The summed E-state index contributed by atoms with van der Waals surface area (Å²) in [5, 5.41) is 20.0. The van der Waals surface area contributed by atoms with Crippen molar-refractivity contribution >= 4 is 17.7 Å². The van der Waals surface area contributed by atoms with Crippen molar-refractivity contribution in [1.82, 2.24) is 0 Å². The maximum absolute atomic E-state index is 13.0. The third-order valence-corrected chi connectivity index (χ3v) is 3.65. The number of alkyl halides is 3. The first-order chi connectivity index (χ1) is 14.1. The van der Waals surface area contributed by atoms with Crippen LogP contribution in [0.25, 0.3) is 6.08 Å². The van der Waals surface area contributed by atoms with E-state index in [-0.39, 0.29) is 30.3 Å². The van der Waals surface area contributed by atoms with Gasteiger partial charge in [-0.15, -0.1) is 0 Å². The molecule has 0 atom stereocenters. The zero-order valence-electron chi connectivity index (χ0n) is 15.5. The van der Waals surface area contributed by atoms with E-state index in [4.69, 9.17) is 19.3 Å². The molecule has 0 saturated carbocycles. The molecule has 0 unspecified atom stereocenters. The highest BCUT2D eigenvalue weighted by atomic mass is 19.4. The van der Waals surface area contributed by atoms with Crippen LogP contribution in [0.3, 0.4) is 0 Å². The molecule has 0 aliphatic rings. The van der Waals surface area contributed by atoms with E-state index in [9.17, 15) is 28.1 Å². The second-order valence-electron chi connectivity index (χ2n) is 5.75. The van der Waals surface area contributed by atoms with Crippen LogP contribution in [0.2, 0.25) is 0 Å². The Labute approximate surface area is 168 Å². The molecule has 160 valence electrons. The topological polar surface area (TPSA) is 108 Å². The highest BCUT2D eigenvalue weighted by Crippen LogP contribution is 2.39. The van der Waals surface area contributed by atoms with Crippen LogP contribution in [-0.4, -0.2) is 36.3 Å². The number of aliphatic carboxylic acids is 1. The molecule has 8 nitrogen and oxygen atoms in total. The summed E-state index contributed by atoms with van der Waals surface area (Å²) in [7, 11) is 1.46. The largest absolute Gasteiger partial charge is 0.491 e. The van der Waals surface area contributed by atoms with Crippen molar-refractivity contribution in [2.45, 2.75) is 6.18 Å². The molecule has 0 radical (unpaired) electrons. The molecule has 0 aliphatic carbocycles. The first-order valence-corrected chi connectivity index (χ1v) is 8.32. The Kier molecular flexibility index (Phi) is 7.37. The second kappa shape index (κ2) is 9.74. The van der Waals surface area contributed by atoms with Crippen LogP contribution in [0, 0.1) is 10.1 Å². The highest BCUT2D eigenvalue weighted by molar-refractivity contribution is 5.86. The van der Waals surface area contributed by atoms with Crippen molar-refractivity contribution in [3.8, 4) is 17.2 Å². The van der Waals surface area contributed by atoms with Gasteiger partial charge in [0.2, 0.25) is 5.75 Å². The zero-order valence-corrected chi connectivity index (χ0v) is 15.5. The molecule has 2 rings (SSSR count). The van der Waals surface area contributed by atoms with Gasteiger partial charge in [0, 0.05) is 36.9 Å². The van der Waals surface area contributed by atoms with Gasteiger partial charge in [-0.3, -0.25) is 10.1 Å². The molecule has 0 aromatic heterocycles. The molecule has 30 heavy (non-hydrogen) atoms. The van der Waals surface area contributed by atoms with Crippen LogP contribution < -0.4 is 9.47 Å². The van der Waals surface area contributed by atoms with Crippen molar-refractivity contribution in [3.63, 3.8) is 0 Å². The number of nitro benzene ring substituents is 1. The number of methoxy groups -OCH3 is 1. The molecule has 0 amide bonds. The standard InChI is InChI=1S/C19H16F3NO7/c1-28-8-9-29-14-5-2-12(3-7-18(24)25)16(11-14)30-17-10-13(19(20,21)22)4-6-15(17)23(26)27/h2-7,10-11H,8-9H2,1H3,(H,24,25)/b7-3+. The minimum Gasteiger partial charge on any atom is -0.491 e. The summed E-state index contributed by atoms with van der Waals surface area (Å²) in [5.41, 5.74) is -1.68. The van der Waals surface area contributed by atoms with E-state index in [1.165, 1.54) is 25.3 Å². The average molecular weight is 427 g/mol. The number of carboxylic acid groups (broad SMARTS) is 1. The van der Waals surface area contributed by atoms with Gasteiger partial charge in [0.1, 0.15) is 18.1 Å². The molecule has 2 aromatic rings. The molecule has 0 spiro atoms. The SMILES string of the molecule is COCCOc1ccc(/C=C/C(=O)O)c(Oc2cc(C(F)(F)F)ccc2[N+](=O)[O-])c1. The van der Waals surface area contributed by atoms with Gasteiger partial charge in [0.05, 0.1) is 17.1 Å². The van der Waals surface area contributed by atoms with Gasteiger partial charge < -0.3 is 19.3 Å². The number of rotatable bonds is 9. The molecular weight excluding hydrogens is 411 g/mol. The van der Waals surface area contributed by atoms with Crippen molar-refractivity contribution in [2.24, 2.45) is 0 Å². The van der Waals surface area contributed by atoms with Gasteiger partial charge in [-0.2, -0.15) is 13.2 Å². The molecule has 0 fully saturated rings. The van der Waals surface area contributed by atoms with Crippen molar-refractivity contribution in [2.75, 3.05) is 20.3 Å². The molecular formula is C19H16F3NO7. The lowest BCUT2D eigenvalue weighted by molar-refractivity contribution is -0.385. The van der Waals surface area contributed by atoms with E-state index in [1.807, 2.05) is 0 Å². The summed E-state index contributed by atoms with van der Waals surface area (Å²) in [4.78, 5) is 21.1. The molecule has 0 saturated heterocycles. The number of carbonyl (C=O) groups is 1. The van der Waals surface area contributed by atoms with E-state index < -0.39 is 34.1 Å². The number of nitro groups is 1. The van der Waals surface area contributed by atoms with Gasteiger partial charge in [-0.1, -0.05) is 0 Å². The first kappa shape index (κ1) is 22.7. The fraction of sp³-hybridized carbons (Fsp3) is 0.211. The minimum absolute atomic E-state index is 0.134. The van der Waals surface area contributed by atoms with Crippen LogP contribution in [0.15, 0.2) is 42.5 Å². The Balaban J connectivity index is 2.51. The number of ether oxygens (including phenoxy) is 3. The van der Waals surface area contributed by atoms with Crippen molar-refractivity contribution in [3.05, 3.63) is 63.7 Å². The maximum atomic E-state index is 13.0. The number of hydrogen-bond donors (Lipinski definition) is 1. The van der Waals surface area contributed by atoms with Gasteiger partial charge in [-0.05, 0) is 24.3 Å². The Hall–Kier alpha value is -3.60. The van der Waals surface area contributed by atoms with Gasteiger partial charge in [-0.25, -0.2) is 4.79 Å². The van der Waals surface area contributed by atoms with E-state index in [2.05, 4.69) is 0 Å². The Morgan fingerprint density at radius 3 is 2.50 bits per heavy atom. The van der Waals surface area contributed by atoms with Crippen LogP contribution in [-0.2, 0) is 15.7 Å². The predicted molar refractivity (Wildman–Crippen MR) is 98.7 cm³/mol. The number of hydrogen-bond acceptors (Lipinski definition) is 6. The molecule has 0 bridgehead atoms. The van der Waals surface area contributed by atoms with E-state index in [0.29, 0.717) is 18.2 Å². The normalized spacial score (nSPS) is 11.5. The first-order valence-electron chi connectivity index (χ1n) is 8.32. The van der Waals surface area contributed by atoms with Crippen LogP contribution in [0.1, 0.15) is 11.1 Å². The third-order valence-electron chi connectivity index (χ3n) is 3.65. The smallest absolute Gasteiger partial charge is 0.416 e. The van der Waals surface area contributed by atoms with E-state index in [0.717, 1.165) is 12.2 Å². The molecule has 2 aromatic carbocycles. The lowest BCUT2D eigenvalue weighted by atomic mass is 10.1. The lowest BCUT2D eigenvalue weighted by Crippen LogP contribution is -2.06. The molecule has 1 N–H and O–H groups in total. The van der Waals surface area contributed by atoms with Gasteiger partial charge >= 0.3 is 17.8 Å². The lowest BCUT2D eigenvalue weighted by Gasteiger charge is -2.14. The number of nitrogens with zero attached hydrogens (tertiary/aromatic N) is 1. The maximum Gasteiger partial charge on any atom is 0.416 e. The van der Waals surface area contributed by atoms with Crippen LogP contribution in [0.4, 0.5) is 18.9 Å². The summed E-state index contributed by atoms with van der Waals surface area (Å²) in [6.45, 7) is 0.417. The number of halogens is 3. The van der Waals surface area contributed by atoms with Gasteiger partial charge in [0.15, 0.2) is 0 Å². The number of benzene rings is 2. The highest BCUT2D eigenvalue weighted by Gasteiger charge is 2.33. The van der Waals surface area contributed by atoms with E-state index in [1.54, 1.807) is 0 Å². The molecule has 11 heteroatoms. The van der Waals surface area contributed by atoms with Crippen LogP contribution in [0.5, 0.6) is 17.2 Å².